The molecule has 1 aliphatic rings. The summed E-state index contributed by atoms with van der Waals surface area (Å²) in [5.41, 5.74) is 3.20. The number of phenols is 1. The average Bonchev–Trinajstić information content (AvgIpc) is 3.39. The third-order valence-corrected chi connectivity index (χ3v) is 7.13. The second-order valence-electron chi connectivity index (χ2n) is 10.6. The van der Waals surface area contributed by atoms with Crippen molar-refractivity contribution in [1.82, 2.24) is 0 Å². The minimum Gasteiger partial charge on any atom is -0.506 e. The van der Waals surface area contributed by atoms with Gasteiger partial charge in [-0.2, -0.15) is 0 Å². The molecule has 4 aromatic rings. The van der Waals surface area contributed by atoms with Crippen LogP contribution in [0.1, 0.15) is 71.2 Å². The molecule has 1 unspecified atom stereocenters. The molecule has 1 aliphatic heterocycles. The number of methoxy groups -OCH3 is 1. The average molecular weight is 549 g/mol. The third-order valence-electron chi connectivity index (χ3n) is 7.13. The zero-order chi connectivity index (χ0) is 29.1. The Morgan fingerprint density at radius 3 is 2.54 bits per heavy atom. The molecule has 5 rings (SSSR count). The molecule has 1 atom stereocenters. The van der Waals surface area contributed by atoms with Crippen molar-refractivity contribution < 1.29 is 28.6 Å². The van der Waals surface area contributed by atoms with Crippen molar-refractivity contribution in [3.05, 3.63) is 112 Å². The van der Waals surface area contributed by atoms with Crippen LogP contribution >= 0.6 is 0 Å². The van der Waals surface area contributed by atoms with Crippen LogP contribution in [-0.2, 0) is 0 Å². The Bertz CT molecular complexity index is 1710. The second kappa shape index (κ2) is 11.3. The summed E-state index contributed by atoms with van der Waals surface area (Å²) in [7, 11) is 1.57. The normalized spacial score (nSPS) is 15.9. The van der Waals surface area contributed by atoms with Gasteiger partial charge in [0, 0.05) is 10.9 Å². The van der Waals surface area contributed by atoms with Crippen LogP contribution in [0.15, 0.2) is 88.9 Å². The van der Waals surface area contributed by atoms with Gasteiger partial charge in [-0.1, -0.05) is 29.9 Å². The lowest BCUT2D eigenvalue weighted by Crippen LogP contribution is -2.31. The van der Waals surface area contributed by atoms with Crippen molar-refractivity contribution in [3.8, 4) is 17.2 Å². The quantitative estimate of drug-likeness (QED) is 0.129. The van der Waals surface area contributed by atoms with Crippen LogP contribution in [0.5, 0.6) is 17.2 Å². The maximum atomic E-state index is 13.0. The number of ketones is 2. The fourth-order valence-corrected chi connectivity index (χ4v) is 4.77. The monoisotopic (exact) mass is 548 g/mol. The molecule has 6 heteroatoms. The largest absolute Gasteiger partial charge is 0.506 e. The molecule has 1 N–H and O–H groups in total. The van der Waals surface area contributed by atoms with Crippen molar-refractivity contribution in [3.63, 3.8) is 0 Å². The number of hydrogen-bond donors (Lipinski definition) is 1. The predicted molar refractivity (Wildman–Crippen MR) is 161 cm³/mol. The predicted octanol–water partition coefficient (Wildman–Crippen LogP) is 8.18. The van der Waals surface area contributed by atoms with Crippen LogP contribution in [0.3, 0.4) is 0 Å². The summed E-state index contributed by atoms with van der Waals surface area (Å²) in [6, 6.07) is 17.3. The Morgan fingerprint density at radius 2 is 1.80 bits per heavy atom. The van der Waals surface area contributed by atoms with Crippen LogP contribution in [-0.4, -0.2) is 29.4 Å². The first-order valence-electron chi connectivity index (χ1n) is 13.5. The zero-order valence-corrected chi connectivity index (χ0v) is 23.6. The van der Waals surface area contributed by atoms with Gasteiger partial charge in [0.25, 0.3) is 0 Å². The van der Waals surface area contributed by atoms with Crippen LogP contribution in [0, 0.1) is 0 Å². The smallest absolute Gasteiger partial charge is 0.228 e. The first kappa shape index (κ1) is 27.7. The number of rotatable bonds is 9. The van der Waals surface area contributed by atoms with Gasteiger partial charge in [0.2, 0.25) is 5.78 Å². The number of phenolic OH excluding ortho intramolecular Hbond substituents is 1. The van der Waals surface area contributed by atoms with E-state index in [1.54, 1.807) is 61.7 Å². The highest BCUT2D eigenvalue weighted by Crippen LogP contribution is 2.40. The van der Waals surface area contributed by atoms with Gasteiger partial charge in [0.15, 0.2) is 11.5 Å². The maximum Gasteiger partial charge on any atom is 0.228 e. The lowest BCUT2D eigenvalue weighted by Gasteiger charge is -2.32. The molecule has 0 bridgehead atoms. The Labute approximate surface area is 239 Å². The second-order valence-corrected chi connectivity index (χ2v) is 10.6. The number of ether oxygens (including phenoxy) is 2. The van der Waals surface area contributed by atoms with Gasteiger partial charge in [-0.05, 0) is 106 Å². The number of benzene rings is 3. The topological polar surface area (TPSA) is 86.0 Å². The number of allylic oxidation sites excluding steroid dienone is 3. The van der Waals surface area contributed by atoms with E-state index in [-0.39, 0.29) is 28.6 Å². The molecule has 6 nitrogen and oxygen atoms in total. The van der Waals surface area contributed by atoms with E-state index in [4.69, 9.17) is 13.9 Å². The molecule has 2 heterocycles. The molecule has 0 amide bonds. The van der Waals surface area contributed by atoms with Gasteiger partial charge in [-0.3, -0.25) is 9.59 Å². The van der Waals surface area contributed by atoms with Gasteiger partial charge in [0.1, 0.15) is 28.4 Å². The van der Waals surface area contributed by atoms with E-state index < -0.39 is 5.60 Å². The molecule has 0 saturated carbocycles. The molecule has 0 radical (unpaired) electrons. The van der Waals surface area contributed by atoms with E-state index in [1.165, 1.54) is 11.6 Å². The van der Waals surface area contributed by atoms with E-state index in [1.807, 2.05) is 31.2 Å². The van der Waals surface area contributed by atoms with Crippen LogP contribution in [0.2, 0.25) is 0 Å². The molecular formula is C35H32O6. The summed E-state index contributed by atoms with van der Waals surface area (Å²) in [4.78, 5) is 25.9. The first-order valence-corrected chi connectivity index (χ1v) is 13.5. The van der Waals surface area contributed by atoms with Crippen molar-refractivity contribution in [2.24, 2.45) is 0 Å². The minimum absolute atomic E-state index is 0.108. The minimum atomic E-state index is -0.486. The van der Waals surface area contributed by atoms with Crippen molar-refractivity contribution in [2.75, 3.05) is 7.11 Å². The van der Waals surface area contributed by atoms with Gasteiger partial charge in [-0.25, -0.2) is 0 Å². The van der Waals surface area contributed by atoms with E-state index in [2.05, 4.69) is 19.9 Å². The number of aromatic hydroxyl groups is 1. The van der Waals surface area contributed by atoms with Crippen LogP contribution in [0.25, 0.3) is 23.1 Å². The fraction of sp³-hybridized carbons (Fsp3) is 0.200. The van der Waals surface area contributed by atoms with E-state index in [9.17, 15) is 14.7 Å². The maximum absolute atomic E-state index is 13.0. The van der Waals surface area contributed by atoms with Crippen molar-refractivity contribution in [1.29, 1.82) is 0 Å². The Kier molecular flexibility index (Phi) is 7.66. The number of carbonyl (C=O) groups is 2. The summed E-state index contributed by atoms with van der Waals surface area (Å²) < 4.78 is 17.2. The van der Waals surface area contributed by atoms with E-state index in [0.717, 1.165) is 23.8 Å². The lowest BCUT2D eigenvalue weighted by atomic mass is 9.93. The Balaban J connectivity index is 1.31. The highest BCUT2D eigenvalue weighted by molar-refractivity contribution is 6.10. The van der Waals surface area contributed by atoms with Crippen molar-refractivity contribution >= 4 is 34.7 Å². The summed E-state index contributed by atoms with van der Waals surface area (Å²) in [5, 5.41) is 11.7. The zero-order valence-electron chi connectivity index (χ0n) is 23.6. The molecule has 0 aliphatic carbocycles. The molecular weight excluding hydrogens is 516 g/mol. The molecule has 41 heavy (non-hydrogen) atoms. The Morgan fingerprint density at radius 1 is 1.02 bits per heavy atom. The summed E-state index contributed by atoms with van der Waals surface area (Å²) in [6.07, 6.45) is 10.7. The summed E-state index contributed by atoms with van der Waals surface area (Å²) in [5.74, 6) is 0.760. The van der Waals surface area contributed by atoms with Gasteiger partial charge in [0.05, 0.1) is 18.2 Å². The SMILES string of the molecule is COc1ccc(C(=O)c2cc3ccc(/C=C/C(=O)c4ccc5c(c4O)C=CC(C)(CCC=C(C)C)O5)cc3o2)cc1. The lowest BCUT2D eigenvalue weighted by molar-refractivity contribution is 0.101. The number of carbonyl (C=O) groups excluding carboxylic acids is 2. The Hall–Kier alpha value is -4.84. The number of fused-ring (bicyclic) bond motifs is 2. The molecule has 0 fully saturated rings. The third kappa shape index (κ3) is 6.02. The number of hydrogen-bond acceptors (Lipinski definition) is 6. The fourth-order valence-electron chi connectivity index (χ4n) is 4.77. The molecule has 0 saturated heterocycles. The molecule has 208 valence electrons. The van der Waals surface area contributed by atoms with Gasteiger partial charge in [-0.15, -0.1) is 0 Å². The van der Waals surface area contributed by atoms with Crippen LogP contribution in [0.4, 0.5) is 0 Å². The van der Waals surface area contributed by atoms with E-state index in [0.29, 0.717) is 28.2 Å². The van der Waals surface area contributed by atoms with Gasteiger partial charge >= 0.3 is 0 Å². The summed E-state index contributed by atoms with van der Waals surface area (Å²) >= 11 is 0. The molecule has 1 aromatic heterocycles. The highest BCUT2D eigenvalue weighted by Gasteiger charge is 2.29. The number of furan rings is 1. The van der Waals surface area contributed by atoms with E-state index >= 15 is 0 Å². The highest BCUT2D eigenvalue weighted by atomic mass is 16.5. The van der Waals surface area contributed by atoms with Gasteiger partial charge < -0.3 is 19.0 Å². The van der Waals surface area contributed by atoms with Crippen molar-refractivity contribution in [2.45, 2.75) is 39.2 Å². The molecule has 0 spiro atoms. The molecule has 3 aromatic carbocycles. The first-order chi connectivity index (χ1) is 19.7. The standard InChI is InChI=1S/C35H32O6/c1-22(2)6-5-18-35(3)19-17-28-30(41-35)16-14-27(34(28)38)29(36)15-8-23-7-9-25-21-32(40-31(25)20-23)33(37)24-10-12-26(39-4)13-11-24/h6-17,19-21,38H,5,18H2,1-4H3/b15-8+. The summed E-state index contributed by atoms with van der Waals surface area (Å²) in [6.45, 7) is 6.15. The van der Waals surface area contributed by atoms with Crippen LogP contribution < -0.4 is 9.47 Å².